The van der Waals surface area contributed by atoms with Gasteiger partial charge in [-0.1, -0.05) is 19.1 Å². The van der Waals surface area contributed by atoms with Gasteiger partial charge in [-0.25, -0.2) is 0 Å². The Morgan fingerprint density at radius 1 is 1.32 bits per heavy atom. The van der Waals surface area contributed by atoms with Gasteiger partial charge in [-0.3, -0.25) is 0 Å². The lowest BCUT2D eigenvalue weighted by Gasteiger charge is -2.17. The number of methoxy groups -OCH3 is 1. The summed E-state index contributed by atoms with van der Waals surface area (Å²) in [4.78, 5) is 1.35. The Balaban J connectivity index is 1.98. The van der Waals surface area contributed by atoms with Crippen LogP contribution in [0, 0.1) is 0 Å². The number of hydrogen-bond donors (Lipinski definition) is 1. The van der Waals surface area contributed by atoms with Gasteiger partial charge in [-0.15, -0.1) is 11.3 Å². The van der Waals surface area contributed by atoms with E-state index in [1.165, 1.54) is 10.4 Å². The van der Waals surface area contributed by atoms with E-state index < -0.39 is 0 Å². The molecule has 2 rings (SSSR count). The SMILES string of the molecule is CCC(NCc1cc(Br)cs1)c1ccc(OC)cc1. The molecule has 0 radical (unpaired) electrons. The molecule has 0 aliphatic rings. The van der Waals surface area contributed by atoms with Gasteiger partial charge >= 0.3 is 0 Å². The van der Waals surface area contributed by atoms with Crippen molar-refractivity contribution < 1.29 is 4.74 Å². The third kappa shape index (κ3) is 4.06. The molecule has 19 heavy (non-hydrogen) atoms. The topological polar surface area (TPSA) is 21.3 Å². The van der Waals surface area contributed by atoms with Gasteiger partial charge in [0.1, 0.15) is 5.75 Å². The highest BCUT2D eigenvalue weighted by Crippen LogP contribution is 2.23. The second kappa shape index (κ2) is 7.08. The average molecular weight is 340 g/mol. The largest absolute Gasteiger partial charge is 0.497 e. The van der Waals surface area contributed by atoms with Crippen LogP contribution >= 0.6 is 27.3 Å². The van der Waals surface area contributed by atoms with Crippen LogP contribution in [0.4, 0.5) is 0 Å². The summed E-state index contributed by atoms with van der Waals surface area (Å²) in [7, 11) is 1.69. The second-order valence-electron chi connectivity index (χ2n) is 4.35. The molecule has 1 aromatic carbocycles. The van der Waals surface area contributed by atoms with Crippen LogP contribution in [0.2, 0.25) is 0 Å². The number of nitrogens with one attached hydrogen (secondary N) is 1. The zero-order chi connectivity index (χ0) is 13.7. The molecule has 2 aromatic rings. The molecule has 0 amide bonds. The van der Waals surface area contributed by atoms with E-state index in [9.17, 15) is 0 Å². The summed E-state index contributed by atoms with van der Waals surface area (Å²) >= 11 is 5.26. The quantitative estimate of drug-likeness (QED) is 0.819. The van der Waals surface area contributed by atoms with Crippen molar-refractivity contribution in [1.29, 1.82) is 0 Å². The van der Waals surface area contributed by atoms with Crippen molar-refractivity contribution in [2.75, 3.05) is 7.11 Å². The van der Waals surface area contributed by atoms with E-state index in [1.54, 1.807) is 18.4 Å². The third-order valence-corrected chi connectivity index (χ3v) is 4.77. The van der Waals surface area contributed by atoms with E-state index in [1.807, 2.05) is 12.1 Å². The van der Waals surface area contributed by atoms with Gasteiger partial charge in [0, 0.05) is 27.3 Å². The molecule has 0 bridgehead atoms. The fourth-order valence-corrected chi connectivity index (χ4v) is 3.41. The molecule has 0 saturated carbocycles. The number of benzene rings is 1. The molecule has 0 aliphatic heterocycles. The summed E-state index contributed by atoms with van der Waals surface area (Å²) in [6.45, 7) is 3.10. The summed E-state index contributed by atoms with van der Waals surface area (Å²) in [5.41, 5.74) is 1.30. The minimum atomic E-state index is 0.381. The van der Waals surface area contributed by atoms with E-state index in [2.05, 4.69) is 51.7 Å². The highest BCUT2D eigenvalue weighted by atomic mass is 79.9. The summed E-state index contributed by atoms with van der Waals surface area (Å²) < 4.78 is 6.35. The van der Waals surface area contributed by atoms with Crippen molar-refractivity contribution >= 4 is 27.3 Å². The predicted molar refractivity (Wildman–Crippen MR) is 84.9 cm³/mol. The molecule has 0 aliphatic carbocycles. The Morgan fingerprint density at radius 2 is 2.05 bits per heavy atom. The normalized spacial score (nSPS) is 12.4. The number of rotatable bonds is 6. The molecule has 2 nitrogen and oxygen atoms in total. The molecule has 1 aromatic heterocycles. The van der Waals surface area contributed by atoms with Gasteiger partial charge in [0.2, 0.25) is 0 Å². The second-order valence-corrected chi connectivity index (χ2v) is 6.26. The first-order chi connectivity index (χ1) is 9.22. The van der Waals surface area contributed by atoms with Crippen LogP contribution in [0.15, 0.2) is 40.2 Å². The number of ether oxygens (including phenoxy) is 1. The minimum absolute atomic E-state index is 0.381. The first-order valence-corrected chi connectivity index (χ1v) is 8.00. The van der Waals surface area contributed by atoms with Gasteiger partial charge in [0.25, 0.3) is 0 Å². The van der Waals surface area contributed by atoms with Crippen LogP contribution in [0.5, 0.6) is 5.75 Å². The standard InChI is InChI=1S/C15H18BrNOS/c1-3-15(11-4-6-13(18-2)7-5-11)17-9-14-8-12(16)10-19-14/h4-8,10,15,17H,3,9H2,1-2H3. The number of thiophene rings is 1. The van der Waals surface area contributed by atoms with Crippen molar-refractivity contribution in [2.24, 2.45) is 0 Å². The lowest BCUT2D eigenvalue weighted by Crippen LogP contribution is -2.19. The van der Waals surface area contributed by atoms with Gasteiger partial charge in [-0.2, -0.15) is 0 Å². The Kier molecular flexibility index (Phi) is 5.43. The molecule has 0 spiro atoms. The van der Waals surface area contributed by atoms with E-state index in [-0.39, 0.29) is 0 Å². The zero-order valence-corrected chi connectivity index (χ0v) is 13.6. The summed E-state index contributed by atoms with van der Waals surface area (Å²) in [6.07, 6.45) is 1.07. The number of halogens is 1. The molecular formula is C15H18BrNOS. The molecule has 1 unspecified atom stereocenters. The minimum Gasteiger partial charge on any atom is -0.497 e. The molecule has 102 valence electrons. The zero-order valence-electron chi connectivity index (χ0n) is 11.2. The Morgan fingerprint density at radius 3 is 2.58 bits per heavy atom. The molecule has 0 saturated heterocycles. The average Bonchev–Trinajstić information content (AvgIpc) is 2.86. The highest BCUT2D eigenvalue weighted by molar-refractivity contribution is 9.10. The third-order valence-electron chi connectivity index (χ3n) is 3.07. The van der Waals surface area contributed by atoms with Crippen LogP contribution in [0.25, 0.3) is 0 Å². The van der Waals surface area contributed by atoms with Crippen LogP contribution in [0.3, 0.4) is 0 Å². The summed E-state index contributed by atoms with van der Waals surface area (Å²) in [5.74, 6) is 0.904. The van der Waals surface area contributed by atoms with Gasteiger partial charge in [0.05, 0.1) is 7.11 Å². The van der Waals surface area contributed by atoms with Crippen molar-refractivity contribution in [3.05, 3.63) is 50.6 Å². The van der Waals surface area contributed by atoms with Gasteiger partial charge in [-0.05, 0) is 46.1 Å². The van der Waals surface area contributed by atoms with Crippen molar-refractivity contribution in [3.8, 4) is 5.75 Å². The maximum absolute atomic E-state index is 5.19. The first kappa shape index (κ1) is 14.6. The Hall–Kier alpha value is -0.840. The fraction of sp³-hybridized carbons (Fsp3) is 0.333. The van der Waals surface area contributed by atoms with Crippen LogP contribution in [0.1, 0.15) is 29.8 Å². The maximum atomic E-state index is 5.19. The fourth-order valence-electron chi connectivity index (χ4n) is 2.00. The van der Waals surface area contributed by atoms with E-state index in [0.29, 0.717) is 6.04 Å². The molecular weight excluding hydrogens is 322 g/mol. The molecule has 1 atom stereocenters. The van der Waals surface area contributed by atoms with Crippen LogP contribution in [-0.2, 0) is 6.54 Å². The molecule has 0 fully saturated rings. The van der Waals surface area contributed by atoms with Gasteiger partial charge in [0.15, 0.2) is 0 Å². The monoisotopic (exact) mass is 339 g/mol. The Bertz CT molecular complexity index is 509. The molecule has 1 heterocycles. The van der Waals surface area contributed by atoms with Crippen LogP contribution < -0.4 is 10.1 Å². The first-order valence-electron chi connectivity index (χ1n) is 6.33. The van der Waals surface area contributed by atoms with Crippen molar-refractivity contribution in [2.45, 2.75) is 25.9 Å². The Labute approximate surface area is 126 Å². The maximum Gasteiger partial charge on any atom is 0.118 e. The summed E-state index contributed by atoms with van der Waals surface area (Å²) in [6, 6.07) is 10.8. The van der Waals surface area contributed by atoms with E-state index in [4.69, 9.17) is 4.74 Å². The van der Waals surface area contributed by atoms with E-state index >= 15 is 0 Å². The van der Waals surface area contributed by atoms with Gasteiger partial charge < -0.3 is 10.1 Å². The van der Waals surface area contributed by atoms with Crippen molar-refractivity contribution in [1.82, 2.24) is 5.32 Å². The number of hydrogen-bond acceptors (Lipinski definition) is 3. The smallest absolute Gasteiger partial charge is 0.118 e. The molecule has 1 N–H and O–H groups in total. The van der Waals surface area contributed by atoms with E-state index in [0.717, 1.165) is 23.2 Å². The predicted octanol–water partition coefficient (Wildman–Crippen LogP) is 4.76. The van der Waals surface area contributed by atoms with Crippen LogP contribution in [-0.4, -0.2) is 7.11 Å². The lowest BCUT2D eigenvalue weighted by atomic mass is 10.0. The van der Waals surface area contributed by atoms with Crippen molar-refractivity contribution in [3.63, 3.8) is 0 Å². The summed E-state index contributed by atoms with van der Waals surface area (Å²) in [5, 5.41) is 5.72. The highest BCUT2D eigenvalue weighted by Gasteiger charge is 2.09. The molecule has 4 heteroatoms. The lowest BCUT2D eigenvalue weighted by molar-refractivity contribution is 0.414.